The minimum absolute atomic E-state index is 0.279. The number of hydrogen-bond donors (Lipinski definition) is 2. The second-order valence-corrected chi connectivity index (χ2v) is 8.01. The number of ether oxygens (including phenoxy) is 1. The van der Waals surface area contributed by atoms with Crippen LogP contribution in [0.5, 0.6) is 0 Å². The zero-order valence-corrected chi connectivity index (χ0v) is 14.2. The predicted molar refractivity (Wildman–Crippen MR) is 90.2 cm³/mol. The van der Waals surface area contributed by atoms with Gasteiger partial charge in [-0.2, -0.15) is 11.8 Å². The van der Waals surface area contributed by atoms with Crippen molar-refractivity contribution >= 4 is 29.2 Å². The van der Waals surface area contributed by atoms with E-state index in [9.17, 15) is 9.18 Å². The van der Waals surface area contributed by atoms with E-state index in [0.717, 1.165) is 12.2 Å². The van der Waals surface area contributed by atoms with Gasteiger partial charge >= 0.3 is 6.09 Å². The zero-order chi connectivity index (χ0) is 16.3. The Balaban J connectivity index is 2.08. The lowest BCUT2D eigenvalue weighted by Crippen LogP contribution is -2.28. The van der Waals surface area contributed by atoms with E-state index >= 15 is 0 Å². The Bertz CT molecular complexity index is 545. The standard InChI is InChI=1S/C16H23FN2O2S/c1-10-7-12(9-22-10)18-14-8-11(17)5-6-13(14)19-15(20)21-16(2,3)4/h5-6,8,10,12,18H,7,9H2,1-4H3,(H,19,20). The molecule has 1 aliphatic rings. The molecular formula is C16H23FN2O2S. The number of nitrogens with one attached hydrogen (secondary N) is 2. The molecule has 0 radical (unpaired) electrons. The van der Waals surface area contributed by atoms with Crippen LogP contribution in [0, 0.1) is 5.82 Å². The number of hydrogen-bond acceptors (Lipinski definition) is 4. The fraction of sp³-hybridized carbons (Fsp3) is 0.562. The van der Waals surface area contributed by atoms with Gasteiger partial charge in [-0.05, 0) is 45.4 Å². The number of anilines is 2. The van der Waals surface area contributed by atoms with Crippen LogP contribution in [0.2, 0.25) is 0 Å². The molecule has 6 heteroatoms. The van der Waals surface area contributed by atoms with Crippen LogP contribution < -0.4 is 10.6 Å². The number of benzene rings is 1. The summed E-state index contributed by atoms with van der Waals surface area (Å²) >= 11 is 1.89. The average molecular weight is 326 g/mol. The van der Waals surface area contributed by atoms with Gasteiger partial charge in [-0.3, -0.25) is 5.32 Å². The van der Waals surface area contributed by atoms with E-state index in [-0.39, 0.29) is 11.9 Å². The minimum Gasteiger partial charge on any atom is -0.444 e. The summed E-state index contributed by atoms with van der Waals surface area (Å²) in [5.41, 5.74) is 0.542. The van der Waals surface area contributed by atoms with Gasteiger partial charge in [0.15, 0.2) is 0 Å². The second kappa shape index (κ2) is 6.77. The van der Waals surface area contributed by atoms with Crippen LogP contribution in [0.1, 0.15) is 34.1 Å². The van der Waals surface area contributed by atoms with E-state index in [2.05, 4.69) is 17.6 Å². The van der Waals surface area contributed by atoms with Crippen molar-refractivity contribution in [3.63, 3.8) is 0 Å². The number of carbonyl (C=O) groups excluding carboxylic acids is 1. The maximum atomic E-state index is 13.5. The van der Waals surface area contributed by atoms with E-state index < -0.39 is 11.7 Å². The van der Waals surface area contributed by atoms with Gasteiger partial charge in [0, 0.05) is 17.0 Å². The Kier molecular flexibility index (Phi) is 5.21. The first-order valence-corrected chi connectivity index (χ1v) is 8.45. The molecule has 0 spiro atoms. The highest BCUT2D eigenvalue weighted by molar-refractivity contribution is 8.00. The largest absolute Gasteiger partial charge is 0.444 e. The van der Waals surface area contributed by atoms with Gasteiger partial charge in [-0.15, -0.1) is 0 Å². The van der Waals surface area contributed by atoms with Crippen LogP contribution in [-0.4, -0.2) is 28.7 Å². The summed E-state index contributed by atoms with van der Waals surface area (Å²) in [5, 5.41) is 6.59. The van der Waals surface area contributed by atoms with Crippen LogP contribution in [0.25, 0.3) is 0 Å². The van der Waals surface area contributed by atoms with Crippen LogP contribution in [0.15, 0.2) is 18.2 Å². The highest BCUT2D eigenvalue weighted by Crippen LogP contribution is 2.31. The molecule has 1 aromatic rings. The Morgan fingerprint density at radius 1 is 1.36 bits per heavy atom. The quantitative estimate of drug-likeness (QED) is 0.860. The van der Waals surface area contributed by atoms with Crippen molar-refractivity contribution in [2.45, 2.75) is 51.0 Å². The van der Waals surface area contributed by atoms with Gasteiger partial charge in [-0.25, -0.2) is 9.18 Å². The first-order valence-electron chi connectivity index (χ1n) is 7.40. The fourth-order valence-corrected chi connectivity index (χ4v) is 3.44. The molecule has 1 aliphatic heterocycles. The SMILES string of the molecule is CC1CC(Nc2cc(F)ccc2NC(=O)OC(C)(C)C)CS1. The molecule has 0 aromatic heterocycles. The molecule has 1 saturated heterocycles. The Morgan fingerprint density at radius 2 is 2.09 bits per heavy atom. The third-order valence-electron chi connectivity index (χ3n) is 3.18. The van der Waals surface area contributed by atoms with Crippen LogP contribution >= 0.6 is 11.8 Å². The fourth-order valence-electron chi connectivity index (χ4n) is 2.30. The number of halogens is 1. The molecule has 0 bridgehead atoms. The van der Waals surface area contributed by atoms with Gasteiger partial charge < -0.3 is 10.1 Å². The normalized spacial score (nSPS) is 21.5. The smallest absolute Gasteiger partial charge is 0.412 e. The van der Waals surface area contributed by atoms with Gasteiger partial charge in [0.2, 0.25) is 0 Å². The van der Waals surface area contributed by atoms with Crippen molar-refractivity contribution in [1.82, 2.24) is 0 Å². The lowest BCUT2D eigenvalue weighted by Gasteiger charge is -2.21. The molecule has 2 rings (SSSR count). The summed E-state index contributed by atoms with van der Waals surface area (Å²) in [4.78, 5) is 11.9. The Morgan fingerprint density at radius 3 is 2.68 bits per heavy atom. The van der Waals surface area contributed by atoms with E-state index in [1.54, 1.807) is 26.8 Å². The summed E-state index contributed by atoms with van der Waals surface area (Å²) in [6, 6.07) is 4.55. The van der Waals surface area contributed by atoms with E-state index in [1.807, 2.05) is 11.8 Å². The van der Waals surface area contributed by atoms with Crippen molar-refractivity contribution in [3.05, 3.63) is 24.0 Å². The van der Waals surface area contributed by atoms with E-state index in [1.165, 1.54) is 12.1 Å². The Hall–Kier alpha value is -1.43. The summed E-state index contributed by atoms with van der Waals surface area (Å²) in [7, 11) is 0. The average Bonchev–Trinajstić information content (AvgIpc) is 2.76. The second-order valence-electron chi connectivity index (χ2n) is 6.54. The molecule has 2 N–H and O–H groups in total. The highest BCUT2D eigenvalue weighted by atomic mass is 32.2. The monoisotopic (exact) mass is 326 g/mol. The molecule has 2 atom stereocenters. The number of thioether (sulfide) groups is 1. The number of amides is 1. The molecule has 1 aromatic carbocycles. The lowest BCUT2D eigenvalue weighted by molar-refractivity contribution is 0.0636. The van der Waals surface area contributed by atoms with Gasteiger partial charge in [-0.1, -0.05) is 6.92 Å². The summed E-state index contributed by atoms with van der Waals surface area (Å²) < 4.78 is 18.8. The minimum atomic E-state index is -0.574. The van der Waals surface area contributed by atoms with Crippen molar-refractivity contribution in [1.29, 1.82) is 0 Å². The molecule has 1 fully saturated rings. The first kappa shape index (κ1) is 16.9. The van der Waals surface area contributed by atoms with Crippen molar-refractivity contribution in [2.24, 2.45) is 0 Å². The van der Waals surface area contributed by atoms with Gasteiger partial charge in [0.05, 0.1) is 11.4 Å². The molecular weight excluding hydrogens is 303 g/mol. The zero-order valence-electron chi connectivity index (χ0n) is 13.4. The topological polar surface area (TPSA) is 50.4 Å². The molecule has 4 nitrogen and oxygen atoms in total. The summed E-state index contributed by atoms with van der Waals surface area (Å²) in [6.07, 6.45) is 0.476. The van der Waals surface area contributed by atoms with Gasteiger partial charge in [0.1, 0.15) is 11.4 Å². The van der Waals surface area contributed by atoms with Crippen LogP contribution in [0.4, 0.5) is 20.6 Å². The molecule has 22 heavy (non-hydrogen) atoms. The number of carbonyl (C=O) groups is 1. The lowest BCUT2D eigenvalue weighted by atomic mass is 10.1. The van der Waals surface area contributed by atoms with Crippen molar-refractivity contribution in [2.75, 3.05) is 16.4 Å². The molecule has 0 aliphatic carbocycles. The van der Waals surface area contributed by atoms with Crippen LogP contribution in [-0.2, 0) is 4.74 Å². The maximum Gasteiger partial charge on any atom is 0.412 e. The summed E-state index contributed by atoms with van der Waals surface area (Å²) in [5.74, 6) is 0.639. The number of rotatable bonds is 3. The molecule has 1 heterocycles. The maximum absolute atomic E-state index is 13.5. The molecule has 2 unspecified atom stereocenters. The van der Waals surface area contributed by atoms with Crippen LogP contribution in [0.3, 0.4) is 0 Å². The van der Waals surface area contributed by atoms with E-state index in [4.69, 9.17) is 4.74 Å². The highest BCUT2D eigenvalue weighted by Gasteiger charge is 2.23. The third-order valence-corrected chi connectivity index (χ3v) is 4.53. The first-order chi connectivity index (χ1) is 10.2. The van der Waals surface area contributed by atoms with Crippen molar-refractivity contribution < 1.29 is 13.9 Å². The molecule has 0 saturated carbocycles. The molecule has 1 amide bonds. The van der Waals surface area contributed by atoms with E-state index in [0.29, 0.717) is 16.6 Å². The molecule has 122 valence electrons. The Labute approximate surface area is 135 Å². The van der Waals surface area contributed by atoms with Crippen molar-refractivity contribution in [3.8, 4) is 0 Å². The van der Waals surface area contributed by atoms with Gasteiger partial charge in [0.25, 0.3) is 0 Å². The summed E-state index contributed by atoms with van der Waals surface area (Å²) in [6.45, 7) is 7.58. The third kappa shape index (κ3) is 5.09. The predicted octanol–water partition coefficient (Wildman–Crippen LogP) is 4.48.